The fourth-order valence-electron chi connectivity index (χ4n) is 4.27. The van der Waals surface area contributed by atoms with Crippen molar-refractivity contribution < 1.29 is 4.74 Å². The Bertz CT molecular complexity index is 725. The first-order valence-electron chi connectivity index (χ1n) is 10.7. The molecular weight excluding hydrogens is 479 g/mol. The smallest absolute Gasteiger partial charge is 0.173 e. The molecular formula is C21H33IN6O. The van der Waals surface area contributed by atoms with Gasteiger partial charge >= 0.3 is 0 Å². The molecule has 4 rings (SSSR count). The van der Waals surface area contributed by atoms with Gasteiger partial charge in [0.15, 0.2) is 5.82 Å². The van der Waals surface area contributed by atoms with Crippen LogP contribution in [0.5, 0.6) is 0 Å². The van der Waals surface area contributed by atoms with Crippen molar-refractivity contribution >= 4 is 29.7 Å². The van der Waals surface area contributed by atoms with Crippen molar-refractivity contribution in [2.24, 2.45) is 0 Å². The molecule has 8 heteroatoms. The van der Waals surface area contributed by atoms with Gasteiger partial charge in [-0.1, -0.05) is 31.4 Å². The molecule has 0 radical (unpaired) electrons. The summed E-state index contributed by atoms with van der Waals surface area (Å²) in [7, 11) is 0. The van der Waals surface area contributed by atoms with Gasteiger partial charge in [-0.25, -0.2) is 4.68 Å². The highest BCUT2D eigenvalue weighted by Gasteiger charge is 2.23. The lowest BCUT2D eigenvalue weighted by Gasteiger charge is -2.26. The van der Waals surface area contributed by atoms with Gasteiger partial charge in [-0.15, -0.1) is 29.1 Å². The van der Waals surface area contributed by atoms with Crippen LogP contribution in [-0.4, -0.2) is 58.0 Å². The Morgan fingerprint density at radius 3 is 2.55 bits per heavy atom. The molecule has 1 N–H and O–H groups in total. The van der Waals surface area contributed by atoms with Gasteiger partial charge in [0, 0.05) is 25.3 Å². The number of rotatable bonds is 7. The normalized spacial score (nSPS) is 19.5. The van der Waals surface area contributed by atoms with Gasteiger partial charge in [0.25, 0.3) is 0 Å². The Hall–Kier alpha value is -1.26. The fraction of sp³-hybridized carbons (Fsp3) is 0.667. The largest absolute Gasteiger partial charge is 0.379 e. The SMILES string of the molecule is CC(Nc1ccc(CCN2CCOCC2)cc1)c1nnnn1C1CCCCC1.I. The molecule has 2 fully saturated rings. The Morgan fingerprint density at radius 2 is 1.83 bits per heavy atom. The standard InChI is InChI=1S/C21H32N6O.HI/c1-17(21-23-24-25-27(21)20-5-3-2-4-6-20)22-19-9-7-18(8-10-19)11-12-26-13-15-28-16-14-26;/h7-10,17,20,22H,2-6,11-16H2,1H3;1H. The molecule has 1 atom stereocenters. The second-order valence-electron chi connectivity index (χ2n) is 8.04. The number of ether oxygens (including phenoxy) is 1. The second-order valence-corrected chi connectivity index (χ2v) is 8.04. The lowest BCUT2D eigenvalue weighted by Crippen LogP contribution is -2.37. The summed E-state index contributed by atoms with van der Waals surface area (Å²) in [4.78, 5) is 2.48. The van der Waals surface area contributed by atoms with Gasteiger partial charge in [0.2, 0.25) is 0 Å². The fourth-order valence-corrected chi connectivity index (χ4v) is 4.27. The summed E-state index contributed by atoms with van der Waals surface area (Å²) in [6.07, 6.45) is 7.33. The van der Waals surface area contributed by atoms with E-state index >= 15 is 0 Å². The van der Waals surface area contributed by atoms with Crippen molar-refractivity contribution in [3.05, 3.63) is 35.7 Å². The number of hydrogen-bond donors (Lipinski definition) is 1. The van der Waals surface area contributed by atoms with Crippen molar-refractivity contribution in [1.29, 1.82) is 0 Å². The Labute approximate surface area is 190 Å². The van der Waals surface area contributed by atoms with E-state index in [1.807, 2.05) is 4.68 Å². The van der Waals surface area contributed by atoms with Crippen molar-refractivity contribution in [2.75, 3.05) is 38.2 Å². The van der Waals surface area contributed by atoms with Crippen LogP contribution >= 0.6 is 24.0 Å². The van der Waals surface area contributed by atoms with E-state index < -0.39 is 0 Å². The molecule has 0 bridgehead atoms. The number of morpholine rings is 1. The highest BCUT2D eigenvalue weighted by molar-refractivity contribution is 14.0. The lowest BCUT2D eigenvalue weighted by atomic mass is 9.95. The first-order chi connectivity index (χ1) is 13.8. The Morgan fingerprint density at radius 1 is 1.10 bits per heavy atom. The summed E-state index contributed by atoms with van der Waals surface area (Å²) < 4.78 is 7.47. The van der Waals surface area contributed by atoms with Crippen LogP contribution in [-0.2, 0) is 11.2 Å². The molecule has 160 valence electrons. The summed E-state index contributed by atoms with van der Waals surface area (Å²) in [5.74, 6) is 0.934. The predicted octanol–water partition coefficient (Wildman–Crippen LogP) is 3.84. The van der Waals surface area contributed by atoms with E-state index in [2.05, 4.69) is 56.9 Å². The van der Waals surface area contributed by atoms with Crippen molar-refractivity contribution in [3.63, 3.8) is 0 Å². The summed E-state index contributed by atoms with van der Waals surface area (Å²) in [6.45, 7) is 7.06. The maximum atomic E-state index is 5.42. The van der Waals surface area contributed by atoms with Gasteiger partial charge in [0.1, 0.15) is 0 Å². The molecule has 1 unspecified atom stereocenters. The van der Waals surface area contributed by atoms with Crippen molar-refractivity contribution in [2.45, 2.75) is 57.5 Å². The molecule has 1 aromatic heterocycles. The minimum atomic E-state index is 0. The van der Waals surface area contributed by atoms with E-state index in [1.54, 1.807) is 0 Å². The number of anilines is 1. The molecule has 2 aliphatic rings. The van der Waals surface area contributed by atoms with Crippen LogP contribution in [0.4, 0.5) is 5.69 Å². The molecule has 0 amide bonds. The summed E-state index contributed by atoms with van der Waals surface area (Å²) in [5.41, 5.74) is 2.48. The van der Waals surface area contributed by atoms with Crippen LogP contribution in [0.1, 0.15) is 62.5 Å². The van der Waals surface area contributed by atoms with Gasteiger partial charge < -0.3 is 10.1 Å². The number of aromatic nitrogens is 4. The van der Waals surface area contributed by atoms with Crippen LogP contribution in [0.3, 0.4) is 0 Å². The average Bonchev–Trinajstić information content (AvgIpc) is 3.25. The van der Waals surface area contributed by atoms with E-state index in [4.69, 9.17) is 4.74 Å². The monoisotopic (exact) mass is 512 g/mol. The van der Waals surface area contributed by atoms with Crippen LogP contribution in [0, 0.1) is 0 Å². The highest BCUT2D eigenvalue weighted by Crippen LogP contribution is 2.29. The average molecular weight is 512 g/mol. The third kappa shape index (κ3) is 6.11. The number of hydrogen-bond acceptors (Lipinski definition) is 6. The zero-order valence-corrected chi connectivity index (χ0v) is 19.6. The molecule has 1 aliphatic carbocycles. The Kier molecular flexibility index (Phi) is 8.68. The van der Waals surface area contributed by atoms with Gasteiger partial charge in [-0.3, -0.25) is 4.90 Å². The quantitative estimate of drug-likeness (QED) is 0.569. The minimum absolute atomic E-state index is 0. The number of nitrogens with zero attached hydrogens (tertiary/aromatic N) is 5. The summed E-state index contributed by atoms with van der Waals surface area (Å²) >= 11 is 0. The van der Waals surface area contributed by atoms with Crippen LogP contribution in [0.15, 0.2) is 24.3 Å². The molecule has 0 spiro atoms. The third-order valence-electron chi connectivity index (χ3n) is 5.98. The molecule has 7 nitrogen and oxygen atoms in total. The summed E-state index contributed by atoms with van der Waals surface area (Å²) in [6, 6.07) is 9.31. The maximum absolute atomic E-state index is 5.42. The number of benzene rings is 1. The number of nitrogens with one attached hydrogen (secondary N) is 1. The van der Waals surface area contributed by atoms with Crippen LogP contribution < -0.4 is 5.32 Å². The van der Waals surface area contributed by atoms with Gasteiger partial charge in [-0.05, 0) is 54.3 Å². The second kappa shape index (κ2) is 11.2. The van der Waals surface area contributed by atoms with E-state index in [1.165, 1.54) is 37.7 Å². The first-order valence-corrected chi connectivity index (χ1v) is 10.7. The van der Waals surface area contributed by atoms with Crippen LogP contribution in [0.25, 0.3) is 0 Å². The Balaban J connectivity index is 0.00000240. The maximum Gasteiger partial charge on any atom is 0.173 e. The topological polar surface area (TPSA) is 68.1 Å². The molecule has 1 aromatic carbocycles. The molecule has 2 aromatic rings. The van der Waals surface area contributed by atoms with E-state index in [0.29, 0.717) is 6.04 Å². The zero-order chi connectivity index (χ0) is 19.2. The van der Waals surface area contributed by atoms with E-state index in [0.717, 1.165) is 50.8 Å². The molecule has 1 saturated heterocycles. The molecule has 1 aliphatic heterocycles. The predicted molar refractivity (Wildman–Crippen MR) is 125 cm³/mol. The highest BCUT2D eigenvalue weighted by atomic mass is 127. The number of halogens is 1. The lowest BCUT2D eigenvalue weighted by molar-refractivity contribution is 0.0384. The summed E-state index contributed by atoms with van der Waals surface area (Å²) in [5, 5.41) is 16.1. The van der Waals surface area contributed by atoms with Crippen molar-refractivity contribution in [3.8, 4) is 0 Å². The minimum Gasteiger partial charge on any atom is -0.379 e. The van der Waals surface area contributed by atoms with Gasteiger partial charge in [-0.2, -0.15) is 0 Å². The number of tetrazole rings is 1. The zero-order valence-electron chi connectivity index (χ0n) is 17.3. The molecule has 2 heterocycles. The van der Waals surface area contributed by atoms with E-state index in [-0.39, 0.29) is 30.0 Å². The van der Waals surface area contributed by atoms with E-state index in [9.17, 15) is 0 Å². The first kappa shape index (κ1) is 22.4. The molecule has 29 heavy (non-hydrogen) atoms. The third-order valence-corrected chi connectivity index (χ3v) is 5.98. The molecule has 1 saturated carbocycles. The van der Waals surface area contributed by atoms with Crippen molar-refractivity contribution in [1.82, 2.24) is 25.1 Å². The van der Waals surface area contributed by atoms with Gasteiger partial charge in [0.05, 0.1) is 25.3 Å². The van der Waals surface area contributed by atoms with Crippen LogP contribution in [0.2, 0.25) is 0 Å².